The number of methoxy groups -OCH3 is 1. The molecule has 7 heteroatoms. The van der Waals surface area contributed by atoms with Crippen molar-refractivity contribution in [1.29, 1.82) is 5.26 Å². The smallest absolute Gasteiger partial charge is 0.246 e. The summed E-state index contributed by atoms with van der Waals surface area (Å²) in [7, 11) is -2.24. The molecule has 0 aliphatic carbocycles. The average molecular weight is 281 g/mol. The van der Waals surface area contributed by atoms with Gasteiger partial charge in [-0.2, -0.15) is 9.57 Å². The van der Waals surface area contributed by atoms with E-state index < -0.39 is 10.0 Å². The van der Waals surface area contributed by atoms with Gasteiger partial charge in [-0.25, -0.2) is 8.42 Å². The zero-order valence-corrected chi connectivity index (χ0v) is 11.4. The Kier molecular flexibility index (Phi) is 3.75. The normalized spacial score (nSPS) is 20.2. The van der Waals surface area contributed by atoms with Gasteiger partial charge in [0.05, 0.1) is 18.7 Å². The van der Waals surface area contributed by atoms with Crippen LogP contribution in [0.5, 0.6) is 5.75 Å². The van der Waals surface area contributed by atoms with E-state index in [1.54, 1.807) is 0 Å². The van der Waals surface area contributed by atoms with Gasteiger partial charge >= 0.3 is 0 Å². The number of hydrogen-bond acceptors (Lipinski definition) is 5. The van der Waals surface area contributed by atoms with Crippen LogP contribution in [0.25, 0.3) is 0 Å². The van der Waals surface area contributed by atoms with Crippen molar-refractivity contribution >= 4 is 10.0 Å². The monoisotopic (exact) mass is 281 g/mol. The van der Waals surface area contributed by atoms with E-state index in [-0.39, 0.29) is 16.7 Å². The third kappa shape index (κ3) is 2.56. The zero-order chi connectivity index (χ0) is 14.0. The fourth-order valence-electron chi connectivity index (χ4n) is 2.06. The Morgan fingerprint density at radius 3 is 2.79 bits per heavy atom. The fraction of sp³-hybridized carbons (Fsp3) is 0.417. The molecule has 0 saturated carbocycles. The molecular formula is C12H15N3O3S. The van der Waals surface area contributed by atoms with Crippen LogP contribution in [0.15, 0.2) is 23.1 Å². The summed E-state index contributed by atoms with van der Waals surface area (Å²) in [5.41, 5.74) is 6.09. The summed E-state index contributed by atoms with van der Waals surface area (Å²) in [5, 5.41) is 8.82. The van der Waals surface area contributed by atoms with E-state index in [4.69, 9.17) is 15.7 Å². The number of rotatable bonds is 3. The molecule has 0 bridgehead atoms. The lowest BCUT2D eigenvalue weighted by atomic mass is 10.2. The average Bonchev–Trinajstić information content (AvgIpc) is 2.85. The topological polar surface area (TPSA) is 96.4 Å². The van der Waals surface area contributed by atoms with Gasteiger partial charge in [0, 0.05) is 19.1 Å². The maximum atomic E-state index is 12.5. The number of nitrogens with two attached hydrogens (primary N) is 1. The summed E-state index contributed by atoms with van der Waals surface area (Å²) in [6.45, 7) is 0.720. The van der Waals surface area contributed by atoms with E-state index in [0.717, 1.165) is 0 Å². The van der Waals surface area contributed by atoms with E-state index in [2.05, 4.69) is 0 Å². The van der Waals surface area contributed by atoms with Crippen molar-refractivity contribution in [2.24, 2.45) is 5.73 Å². The predicted octanol–water partition coefficient (Wildman–Crippen LogP) is 0.289. The Morgan fingerprint density at radius 1 is 1.53 bits per heavy atom. The van der Waals surface area contributed by atoms with Crippen molar-refractivity contribution in [2.75, 3.05) is 20.2 Å². The summed E-state index contributed by atoms with van der Waals surface area (Å²) >= 11 is 0. The number of sulfonamides is 1. The summed E-state index contributed by atoms with van der Waals surface area (Å²) in [6.07, 6.45) is 0.651. The molecule has 2 rings (SSSR count). The molecule has 19 heavy (non-hydrogen) atoms. The van der Waals surface area contributed by atoms with E-state index in [9.17, 15) is 8.42 Å². The third-order valence-corrected chi connectivity index (χ3v) is 5.00. The molecule has 1 aliphatic rings. The molecule has 1 unspecified atom stereocenters. The minimum Gasteiger partial charge on any atom is -0.495 e. The van der Waals surface area contributed by atoms with Crippen molar-refractivity contribution < 1.29 is 13.2 Å². The maximum absolute atomic E-state index is 12.5. The van der Waals surface area contributed by atoms with Gasteiger partial charge in [0.1, 0.15) is 10.6 Å². The minimum atomic E-state index is -3.62. The third-order valence-electron chi connectivity index (χ3n) is 3.10. The summed E-state index contributed by atoms with van der Waals surface area (Å²) in [5.74, 6) is 0.180. The SMILES string of the molecule is COc1cc(C#N)ccc1S(=O)(=O)N1CCC(N)C1. The van der Waals surface area contributed by atoms with Gasteiger partial charge in [-0.05, 0) is 24.6 Å². The highest BCUT2D eigenvalue weighted by Crippen LogP contribution is 2.29. The first-order valence-corrected chi connectivity index (χ1v) is 7.27. The molecule has 1 aromatic carbocycles. The van der Waals surface area contributed by atoms with Crippen LogP contribution in [0, 0.1) is 11.3 Å². The molecule has 1 atom stereocenters. The molecule has 2 N–H and O–H groups in total. The number of ether oxygens (including phenoxy) is 1. The highest BCUT2D eigenvalue weighted by atomic mass is 32.2. The van der Waals surface area contributed by atoms with Crippen molar-refractivity contribution in [3.05, 3.63) is 23.8 Å². The Hall–Kier alpha value is -1.62. The lowest BCUT2D eigenvalue weighted by Gasteiger charge is -2.17. The lowest BCUT2D eigenvalue weighted by Crippen LogP contribution is -2.32. The molecule has 6 nitrogen and oxygen atoms in total. The second kappa shape index (κ2) is 5.17. The minimum absolute atomic E-state index is 0.0723. The predicted molar refractivity (Wildman–Crippen MR) is 69.1 cm³/mol. The van der Waals surface area contributed by atoms with Crippen LogP contribution in [0.4, 0.5) is 0 Å². The van der Waals surface area contributed by atoms with Gasteiger partial charge in [0.25, 0.3) is 0 Å². The van der Waals surface area contributed by atoms with Crippen molar-refractivity contribution in [2.45, 2.75) is 17.4 Å². The maximum Gasteiger partial charge on any atom is 0.246 e. The molecule has 1 heterocycles. The molecule has 1 aliphatic heterocycles. The van der Waals surface area contributed by atoms with Gasteiger partial charge in [-0.15, -0.1) is 0 Å². The standard InChI is InChI=1S/C12H15N3O3S/c1-18-11-6-9(7-13)2-3-12(11)19(16,17)15-5-4-10(14)8-15/h2-3,6,10H,4-5,8,14H2,1H3. The van der Waals surface area contributed by atoms with Gasteiger partial charge in [0.15, 0.2) is 0 Å². The van der Waals surface area contributed by atoms with E-state index >= 15 is 0 Å². The molecular weight excluding hydrogens is 266 g/mol. The molecule has 1 saturated heterocycles. The van der Waals surface area contributed by atoms with E-state index in [1.807, 2.05) is 6.07 Å². The Balaban J connectivity index is 2.43. The van der Waals surface area contributed by atoms with Crippen LogP contribution in [0.3, 0.4) is 0 Å². The van der Waals surface area contributed by atoms with E-state index in [0.29, 0.717) is 25.1 Å². The first-order valence-electron chi connectivity index (χ1n) is 5.83. The van der Waals surface area contributed by atoms with Crippen molar-refractivity contribution in [3.8, 4) is 11.8 Å². The van der Waals surface area contributed by atoms with Crippen molar-refractivity contribution in [3.63, 3.8) is 0 Å². The molecule has 102 valence electrons. The van der Waals surface area contributed by atoms with Crippen molar-refractivity contribution in [1.82, 2.24) is 4.31 Å². The summed E-state index contributed by atoms with van der Waals surface area (Å²) in [6, 6.07) is 6.11. The summed E-state index contributed by atoms with van der Waals surface area (Å²) < 4.78 is 31.4. The molecule has 0 radical (unpaired) electrons. The molecule has 1 fully saturated rings. The van der Waals surface area contributed by atoms with Crippen LogP contribution >= 0.6 is 0 Å². The van der Waals surface area contributed by atoms with Gasteiger partial charge in [-0.1, -0.05) is 0 Å². The second-order valence-corrected chi connectivity index (χ2v) is 6.30. The van der Waals surface area contributed by atoms with Gasteiger partial charge in [0.2, 0.25) is 10.0 Å². The first-order chi connectivity index (χ1) is 8.98. The Labute approximate surface area is 112 Å². The second-order valence-electron chi connectivity index (χ2n) is 4.39. The highest BCUT2D eigenvalue weighted by molar-refractivity contribution is 7.89. The highest BCUT2D eigenvalue weighted by Gasteiger charge is 2.32. The van der Waals surface area contributed by atoms with Crippen LogP contribution in [0.2, 0.25) is 0 Å². The number of benzene rings is 1. The number of nitrogens with zero attached hydrogens (tertiary/aromatic N) is 2. The number of hydrogen-bond donors (Lipinski definition) is 1. The number of nitriles is 1. The molecule has 0 aromatic heterocycles. The Bertz CT molecular complexity index is 622. The molecule has 0 spiro atoms. The summed E-state index contributed by atoms with van der Waals surface area (Å²) in [4.78, 5) is 0.0723. The fourth-order valence-corrected chi connectivity index (χ4v) is 3.71. The molecule has 0 amide bonds. The first kappa shape index (κ1) is 13.8. The lowest BCUT2D eigenvalue weighted by molar-refractivity contribution is 0.398. The quantitative estimate of drug-likeness (QED) is 0.859. The molecule has 1 aromatic rings. The zero-order valence-electron chi connectivity index (χ0n) is 10.5. The van der Waals surface area contributed by atoms with Crippen LogP contribution < -0.4 is 10.5 Å². The van der Waals surface area contributed by atoms with Gasteiger partial charge in [-0.3, -0.25) is 0 Å². The Morgan fingerprint density at radius 2 is 2.26 bits per heavy atom. The van der Waals surface area contributed by atoms with Crippen LogP contribution in [-0.2, 0) is 10.0 Å². The van der Waals surface area contributed by atoms with Crippen LogP contribution in [-0.4, -0.2) is 39.0 Å². The van der Waals surface area contributed by atoms with E-state index in [1.165, 1.54) is 29.6 Å². The van der Waals surface area contributed by atoms with Gasteiger partial charge < -0.3 is 10.5 Å². The largest absolute Gasteiger partial charge is 0.495 e. The van der Waals surface area contributed by atoms with Crippen LogP contribution in [0.1, 0.15) is 12.0 Å².